The minimum Gasteiger partial charge on any atom is -0.383 e. The molecule has 0 saturated heterocycles. The van der Waals surface area contributed by atoms with Crippen LogP contribution in [0.4, 0.5) is 5.69 Å². The molecular weight excluding hydrogens is 322 g/mol. The molecule has 0 bridgehead atoms. The summed E-state index contributed by atoms with van der Waals surface area (Å²) in [6, 6.07) is 3.43. The second-order valence-electron chi connectivity index (χ2n) is 8.30. The SMILES string of the molecule is CN(C)CC1(CNc2ccc(S(=O)(=O)C(C)(C)C)nc2)CCCC1. The van der Waals surface area contributed by atoms with Crippen molar-refractivity contribution in [1.29, 1.82) is 0 Å². The van der Waals surface area contributed by atoms with Crippen molar-refractivity contribution in [3.05, 3.63) is 18.3 Å². The molecule has 0 amide bonds. The van der Waals surface area contributed by atoms with Crippen LogP contribution in [0.25, 0.3) is 0 Å². The first-order valence-electron chi connectivity index (χ1n) is 8.65. The van der Waals surface area contributed by atoms with Crippen molar-refractivity contribution >= 4 is 15.5 Å². The van der Waals surface area contributed by atoms with Crippen LogP contribution in [0.15, 0.2) is 23.4 Å². The van der Waals surface area contributed by atoms with Crippen molar-refractivity contribution in [2.45, 2.75) is 56.2 Å². The Labute approximate surface area is 146 Å². The van der Waals surface area contributed by atoms with Gasteiger partial charge in [-0.05, 0) is 59.8 Å². The molecule has 6 heteroatoms. The topological polar surface area (TPSA) is 62.3 Å². The highest BCUT2D eigenvalue weighted by molar-refractivity contribution is 7.92. The van der Waals surface area contributed by atoms with Gasteiger partial charge in [-0.25, -0.2) is 13.4 Å². The number of sulfone groups is 1. The van der Waals surface area contributed by atoms with Gasteiger partial charge in [-0.3, -0.25) is 0 Å². The maximum Gasteiger partial charge on any atom is 0.200 e. The number of aromatic nitrogens is 1. The van der Waals surface area contributed by atoms with Gasteiger partial charge >= 0.3 is 0 Å². The number of hydrogen-bond acceptors (Lipinski definition) is 5. The average molecular weight is 354 g/mol. The molecule has 1 aromatic heterocycles. The Kier molecular flexibility index (Phi) is 5.60. The molecule has 0 radical (unpaired) electrons. The van der Waals surface area contributed by atoms with E-state index in [1.807, 2.05) is 6.07 Å². The largest absolute Gasteiger partial charge is 0.383 e. The molecule has 0 aliphatic heterocycles. The van der Waals surface area contributed by atoms with Gasteiger partial charge in [0.1, 0.15) is 0 Å². The van der Waals surface area contributed by atoms with Crippen molar-refractivity contribution in [1.82, 2.24) is 9.88 Å². The monoisotopic (exact) mass is 353 g/mol. The van der Waals surface area contributed by atoms with E-state index >= 15 is 0 Å². The molecule has 24 heavy (non-hydrogen) atoms. The van der Waals surface area contributed by atoms with Crippen molar-refractivity contribution < 1.29 is 8.42 Å². The fourth-order valence-electron chi connectivity index (χ4n) is 3.43. The first-order valence-corrected chi connectivity index (χ1v) is 10.1. The number of nitrogens with zero attached hydrogens (tertiary/aromatic N) is 2. The number of rotatable bonds is 6. The maximum absolute atomic E-state index is 12.4. The minimum absolute atomic E-state index is 0.143. The van der Waals surface area contributed by atoms with Crippen LogP contribution >= 0.6 is 0 Å². The maximum atomic E-state index is 12.4. The van der Waals surface area contributed by atoms with Gasteiger partial charge < -0.3 is 10.2 Å². The lowest BCUT2D eigenvalue weighted by Gasteiger charge is -2.32. The molecule has 1 fully saturated rings. The predicted molar refractivity (Wildman–Crippen MR) is 99.1 cm³/mol. The van der Waals surface area contributed by atoms with Gasteiger partial charge in [0.2, 0.25) is 0 Å². The van der Waals surface area contributed by atoms with E-state index in [-0.39, 0.29) is 5.03 Å². The van der Waals surface area contributed by atoms with Crippen molar-refractivity contribution in [3.8, 4) is 0 Å². The Morgan fingerprint density at radius 2 is 1.83 bits per heavy atom. The summed E-state index contributed by atoms with van der Waals surface area (Å²) in [6.45, 7) is 7.06. The summed E-state index contributed by atoms with van der Waals surface area (Å²) >= 11 is 0. The van der Waals surface area contributed by atoms with Gasteiger partial charge in [-0.15, -0.1) is 0 Å². The predicted octanol–water partition coefficient (Wildman–Crippen LogP) is 3.19. The lowest BCUT2D eigenvalue weighted by atomic mass is 9.85. The van der Waals surface area contributed by atoms with Crippen LogP contribution in [-0.4, -0.2) is 50.2 Å². The van der Waals surface area contributed by atoms with Crippen LogP contribution in [-0.2, 0) is 9.84 Å². The highest BCUT2D eigenvalue weighted by Gasteiger charge is 2.34. The third-order valence-corrected chi connectivity index (χ3v) is 7.21. The zero-order valence-electron chi connectivity index (χ0n) is 15.6. The molecule has 1 aliphatic rings. The van der Waals surface area contributed by atoms with Crippen LogP contribution < -0.4 is 5.32 Å². The Morgan fingerprint density at radius 1 is 1.21 bits per heavy atom. The highest BCUT2D eigenvalue weighted by Crippen LogP contribution is 2.38. The third kappa shape index (κ3) is 4.28. The first-order chi connectivity index (χ1) is 11.1. The smallest absolute Gasteiger partial charge is 0.200 e. The Hall–Kier alpha value is -1.14. The third-order valence-electron chi connectivity index (χ3n) is 4.80. The molecule has 1 saturated carbocycles. The molecule has 0 spiro atoms. The summed E-state index contributed by atoms with van der Waals surface area (Å²) in [5.74, 6) is 0. The van der Waals surface area contributed by atoms with Crippen LogP contribution in [0, 0.1) is 5.41 Å². The second kappa shape index (κ2) is 7.00. The van der Waals surface area contributed by atoms with E-state index < -0.39 is 14.6 Å². The van der Waals surface area contributed by atoms with Gasteiger partial charge in [0.15, 0.2) is 14.9 Å². The standard InChI is InChI=1S/C18H31N3O2S/c1-17(2,3)24(22,23)16-9-8-15(12-19-16)20-13-18(14-21(4)5)10-6-7-11-18/h8-9,12,20H,6-7,10-11,13-14H2,1-5H3. The quantitative estimate of drug-likeness (QED) is 0.851. The van der Waals surface area contributed by atoms with E-state index in [0.717, 1.165) is 18.8 Å². The van der Waals surface area contributed by atoms with Gasteiger partial charge in [0.25, 0.3) is 0 Å². The fourth-order valence-corrected chi connectivity index (χ4v) is 4.50. The molecule has 5 nitrogen and oxygen atoms in total. The molecular formula is C18H31N3O2S. The first kappa shape index (κ1) is 19.2. The molecule has 0 aromatic carbocycles. The van der Waals surface area contributed by atoms with Gasteiger partial charge in [-0.2, -0.15) is 0 Å². The van der Waals surface area contributed by atoms with Gasteiger partial charge in [-0.1, -0.05) is 12.8 Å². The number of anilines is 1. The Balaban J connectivity index is 2.07. The minimum atomic E-state index is -3.40. The van der Waals surface area contributed by atoms with Crippen LogP contribution in [0.5, 0.6) is 0 Å². The molecule has 1 aliphatic carbocycles. The zero-order chi connectivity index (χ0) is 18.0. The van der Waals surface area contributed by atoms with Crippen molar-refractivity contribution in [2.24, 2.45) is 5.41 Å². The lowest BCUT2D eigenvalue weighted by molar-refractivity contribution is 0.215. The van der Waals surface area contributed by atoms with Gasteiger partial charge in [0.05, 0.1) is 16.6 Å². The Bertz CT molecular complexity index is 640. The second-order valence-corrected chi connectivity index (χ2v) is 10.9. The highest BCUT2D eigenvalue weighted by atomic mass is 32.2. The number of nitrogens with one attached hydrogen (secondary N) is 1. The van der Waals surface area contributed by atoms with Crippen LogP contribution in [0.3, 0.4) is 0 Å². The molecule has 136 valence electrons. The Morgan fingerprint density at radius 3 is 2.29 bits per heavy atom. The summed E-state index contributed by atoms with van der Waals surface area (Å²) < 4.78 is 24.0. The van der Waals surface area contributed by atoms with E-state index in [1.54, 1.807) is 33.0 Å². The summed E-state index contributed by atoms with van der Waals surface area (Å²) in [4.78, 5) is 6.44. The van der Waals surface area contributed by atoms with Gasteiger partial charge in [0, 0.05) is 18.5 Å². The van der Waals surface area contributed by atoms with Crippen LogP contribution in [0.1, 0.15) is 46.5 Å². The fraction of sp³-hybridized carbons (Fsp3) is 0.722. The lowest BCUT2D eigenvalue weighted by Crippen LogP contribution is -2.37. The summed E-state index contributed by atoms with van der Waals surface area (Å²) in [5, 5.41) is 3.61. The number of hydrogen-bond donors (Lipinski definition) is 1. The van der Waals surface area contributed by atoms with E-state index in [0.29, 0.717) is 5.41 Å². The van der Waals surface area contributed by atoms with E-state index in [1.165, 1.54) is 25.7 Å². The van der Waals surface area contributed by atoms with Crippen LogP contribution in [0.2, 0.25) is 0 Å². The zero-order valence-corrected chi connectivity index (χ0v) is 16.4. The molecule has 1 aromatic rings. The molecule has 2 rings (SSSR count). The van der Waals surface area contributed by atoms with E-state index in [2.05, 4.69) is 29.3 Å². The summed E-state index contributed by atoms with van der Waals surface area (Å²) in [5.41, 5.74) is 1.19. The molecule has 1 heterocycles. The normalized spacial score (nSPS) is 18.1. The summed E-state index contributed by atoms with van der Waals surface area (Å²) in [6.07, 6.45) is 6.69. The summed E-state index contributed by atoms with van der Waals surface area (Å²) in [7, 11) is 0.840. The average Bonchev–Trinajstić information content (AvgIpc) is 2.92. The molecule has 1 N–H and O–H groups in total. The number of pyridine rings is 1. The van der Waals surface area contributed by atoms with E-state index in [4.69, 9.17) is 0 Å². The van der Waals surface area contributed by atoms with Crippen molar-refractivity contribution in [2.75, 3.05) is 32.5 Å². The van der Waals surface area contributed by atoms with E-state index in [9.17, 15) is 8.42 Å². The van der Waals surface area contributed by atoms with Crippen molar-refractivity contribution in [3.63, 3.8) is 0 Å². The molecule has 0 atom stereocenters. The molecule has 0 unspecified atom stereocenters.